The number of hydrogen-bond acceptors (Lipinski definition) is 6. The van der Waals surface area contributed by atoms with Crippen LogP contribution in [0.5, 0.6) is 0 Å². The molecule has 1 aromatic carbocycles. The molecule has 10 heteroatoms. The third-order valence-corrected chi connectivity index (χ3v) is 4.96. The van der Waals surface area contributed by atoms with Crippen molar-refractivity contribution in [1.82, 2.24) is 15.0 Å². The van der Waals surface area contributed by atoms with E-state index in [9.17, 15) is 14.0 Å². The third kappa shape index (κ3) is 4.53. The lowest BCUT2D eigenvalue weighted by Crippen LogP contribution is -2.18. The zero-order chi connectivity index (χ0) is 22.0. The Kier molecular flexibility index (Phi) is 5.63. The Morgan fingerprint density at radius 2 is 2.13 bits per heavy atom. The topological polar surface area (TPSA) is 135 Å². The summed E-state index contributed by atoms with van der Waals surface area (Å²) in [7, 11) is 1.26. The predicted molar refractivity (Wildman–Crippen MR) is 112 cm³/mol. The normalized spacial score (nSPS) is 16.0. The van der Waals surface area contributed by atoms with E-state index in [2.05, 4.69) is 30.3 Å². The van der Waals surface area contributed by atoms with Crippen molar-refractivity contribution < 1.29 is 18.7 Å². The number of aromatic amines is 1. The Balaban J connectivity index is 1.75. The monoisotopic (exact) mass is 424 g/mol. The SMILES string of the molecule is COC(=O)Nc1ccc2c(c1)NC(=O)CCc1nc(ccc1F)CC(N)c1ncc-2[nH]1. The minimum absolute atomic E-state index is 0.0295. The van der Waals surface area contributed by atoms with Gasteiger partial charge in [0.25, 0.3) is 0 Å². The summed E-state index contributed by atoms with van der Waals surface area (Å²) in [6.07, 6.45) is 1.51. The fourth-order valence-corrected chi connectivity index (χ4v) is 3.38. The summed E-state index contributed by atoms with van der Waals surface area (Å²) in [5, 5.41) is 5.39. The van der Waals surface area contributed by atoms with Gasteiger partial charge in [-0.15, -0.1) is 0 Å². The molecule has 3 heterocycles. The molecule has 2 aromatic heterocycles. The number of H-pyrrole nitrogens is 1. The number of fused-ring (bicyclic) bond motifs is 6. The average Bonchev–Trinajstić information content (AvgIpc) is 3.24. The molecule has 9 nitrogen and oxygen atoms in total. The molecule has 4 bridgehead atoms. The van der Waals surface area contributed by atoms with E-state index in [1.807, 2.05) is 0 Å². The van der Waals surface area contributed by atoms with E-state index >= 15 is 0 Å². The number of imidazole rings is 1. The highest BCUT2D eigenvalue weighted by Gasteiger charge is 2.18. The number of amides is 2. The van der Waals surface area contributed by atoms with Crippen LogP contribution in [0.15, 0.2) is 36.5 Å². The van der Waals surface area contributed by atoms with Gasteiger partial charge in [0.2, 0.25) is 5.91 Å². The zero-order valence-corrected chi connectivity index (χ0v) is 16.7. The number of halogens is 1. The van der Waals surface area contributed by atoms with Crippen LogP contribution in [0.25, 0.3) is 11.3 Å². The van der Waals surface area contributed by atoms with Gasteiger partial charge in [0.15, 0.2) is 0 Å². The standard InChI is InChI=1S/C21H21FN6O3/c1-31-21(30)26-12-2-4-13-17(9-12)27-19(29)7-6-16-14(22)5-3-11(25-16)8-15(23)20-24-10-18(13)28-20/h2-5,9-10,15H,6-8,23H2,1H3,(H,24,28)(H,26,30)(H,27,29). The van der Waals surface area contributed by atoms with E-state index in [0.717, 1.165) is 0 Å². The maximum Gasteiger partial charge on any atom is 0.411 e. The van der Waals surface area contributed by atoms with Crippen molar-refractivity contribution in [3.8, 4) is 11.3 Å². The van der Waals surface area contributed by atoms with E-state index < -0.39 is 18.0 Å². The molecule has 1 atom stereocenters. The van der Waals surface area contributed by atoms with Gasteiger partial charge in [-0.1, -0.05) is 0 Å². The van der Waals surface area contributed by atoms with Gasteiger partial charge in [0, 0.05) is 36.2 Å². The van der Waals surface area contributed by atoms with Gasteiger partial charge in [-0.3, -0.25) is 15.1 Å². The smallest absolute Gasteiger partial charge is 0.411 e. The first kappa shape index (κ1) is 20.5. The van der Waals surface area contributed by atoms with Crippen molar-refractivity contribution in [3.63, 3.8) is 0 Å². The molecule has 0 radical (unpaired) electrons. The molecule has 2 amide bonds. The number of carbonyl (C=O) groups excluding carboxylic acids is 2. The van der Waals surface area contributed by atoms with Gasteiger partial charge < -0.3 is 20.8 Å². The zero-order valence-electron chi connectivity index (χ0n) is 16.7. The third-order valence-electron chi connectivity index (χ3n) is 4.96. The average molecular weight is 424 g/mol. The highest BCUT2D eigenvalue weighted by atomic mass is 19.1. The molecule has 160 valence electrons. The van der Waals surface area contributed by atoms with Crippen molar-refractivity contribution in [3.05, 3.63) is 59.6 Å². The Labute approximate surface area is 177 Å². The van der Waals surface area contributed by atoms with Gasteiger partial charge in [-0.05, 0) is 30.3 Å². The van der Waals surface area contributed by atoms with Crippen molar-refractivity contribution in [1.29, 1.82) is 0 Å². The molecule has 5 N–H and O–H groups in total. The summed E-state index contributed by atoms with van der Waals surface area (Å²) in [5.41, 5.74) is 9.31. The molecule has 1 aliphatic heterocycles. The lowest BCUT2D eigenvalue weighted by Gasteiger charge is -2.14. The van der Waals surface area contributed by atoms with Crippen molar-refractivity contribution >= 4 is 23.4 Å². The number of pyridine rings is 1. The lowest BCUT2D eigenvalue weighted by molar-refractivity contribution is -0.116. The fraction of sp³-hybridized carbons (Fsp3) is 0.238. The summed E-state index contributed by atoms with van der Waals surface area (Å²) in [4.78, 5) is 36.0. The number of nitrogens with two attached hydrogens (primary N) is 1. The van der Waals surface area contributed by atoms with E-state index in [0.29, 0.717) is 40.6 Å². The number of ether oxygens (including phenoxy) is 1. The molecule has 0 aliphatic carbocycles. The van der Waals surface area contributed by atoms with Gasteiger partial charge in [-0.2, -0.15) is 0 Å². The molecule has 1 unspecified atom stereocenters. The number of rotatable bonds is 1. The minimum atomic E-state index is -0.636. The van der Waals surface area contributed by atoms with E-state index in [1.165, 1.54) is 13.2 Å². The van der Waals surface area contributed by atoms with E-state index in [-0.39, 0.29) is 24.4 Å². The first-order valence-corrected chi connectivity index (χ1v) is 9.67. The van der Waals surface area contributed by atoms with Crippen molar-refractivity contribution in [2.24, 2.45) is 5.73 Å². The quantitative estimate of drug-likeness (QED) is 0.474. The Hall–Kier alpha value is -3.79. The lowest BCUT2D eigenvalue weighted by atomic mass is 10.1. The summed E-state index contributed by atoms with van der Waals surface area (Å²) in [6.45, 7) is 0. The number of hydrogen-bond donors (Lipinski definition) is 4. The van der Waals surface area contributed by atoms with Crippen LogP contribution in [0.2, 0.25) is 0 Å². The van der Waals surface area contributed by atoms with Crippen molar-refractivity contribution in [2.45, 2.75) is 25.3 Å². The molecule has 0 fully saturated rings. The Morgan fingerprint density at radius 1 is 1.29 bits per heavy atom. The van der Waals surface area contributed by atoms with Crippen LogP contribution in [-0.4, -0.2) is 34.1 Å². The molecular formula is C21H21FN6O3. The second kappa shape index (κ2) is 8.52. The molecule has 31 heavy (non-hydrogen) atoms. The number of carbonyl (C=O) groups is 2. The second-order valence-electron chi connectivity index (χ2n) is 7.15. The number of methoxy groups -OCH3 is 1. The molecular weight excluding hydrogens is 403 g/mol. The van der Waals surface area contributed by atoms with Gasteiger partial charge in [-0.25, -0.2) is 14.2 Å². The molecule has 1 aliphatic rings. The number of benzene rings is 1. The maximum absolute atomic E-state index is 14.2. The predicted octanol–water partition coefficient (Wildman–Crippen LogP) is 2.92. The van der Waals surface area contributed by atoms with Crippen LogP contribution in [0.1, 0.15) is 29.7 Å². The van der Waals surface area contributed by atoms with Crippen LogP contribution in [0, 0.1) is 5.82 Å². The van der Waals surface area contributed by atoms with Crippen LogP contribution >= 0.6 is 0 Å². The molecule has 0 spiro atoms. The van der Waals surface area contributed by atoms with E-state index in [1.54, 1.807) is 30.5 Å². The number of nitrogens with zero attached hydrogens (tertiary/aromatic N) is 2. The second-order valence-corrected chi connectivity index (χ2v) is 7.15. The first-order chi connectivity index (χ1) is 14.9. The first-order valence-electron chi connectivity index (χ1n) is 9.67. The molecule has 0 saturated heterocycles. The minimum Gasteiger partial charge on any atom is -0.453 e. The Bertz CT molecular complexity index is 1150. The summed E-state index contributed by atoms with van der Waals surface area (Å²) in [6, 6.07) is 7.47. The summed E-state index contributed by atoms with van der Waals surface area (Å²) in [5.74, 6) is -0.257. The van der Waals surface area contributed by atoms with Crippen LogP contribution in [0.3, 0.4) is 0 Å². The summed E-state index contributed by atoms with van der Waals surface area (Å²) >= 11 is 0. The molecule has 3 aromatic rings. The van der Waals surface area contributed by atoms with E-state index in [4.69, 9.17) is 5.73 Å². The number of anilines is 2. The van der Waals surface area contributed by atoms with Gasteiger partial charge >= 0.3 is 6.09 Å². The largest absolute Gasteiger partial charge is 0.453 e. The highest BCUT2D eigenvalue weighted by Crippen LogP contribution is 2.31. The summed E-state index contributed by atoms with van der Waals surface area (Å²) < 4.78 is 18.8. The number of nitrogens with one attached hydrogen (secondary N) is 3. The van der Waals surface area contributed by atoms with Crippen molar-refractivity contribution in [2.75, 3.05) is 17.7 Å². The molecule has 0 saturated carbocycles. The van der Waals surface area contributed by atoms with Gasteiger partial charge in [0.05, 0.1) is 36.4 Å². The highest BCUT2D eigenvalue weighted by molar-refractivity contribution is 5.97. The number of aromatic nitrogens is 3. The maximum atomic E-state index is 14.2. The van der Waals surface area contributed by atoms with Gasteiger partial charge in [0.1, 0.15) is 11.6 Å². The fourth-order valence-electron chi connectivity index (χ4n) is 3.38. The van der Waals surface area contributed by atoms with Crippen LogP contribution in [-0.2, 0) is 22.4 Å². The van der Waals surface area contributed by atoms with Crippen LogP contribution in [0.4, 0.5) is 20.6 Å². The Morgan fingerprint density at radius 3 is 2.94 bits per heavy atom. The number of aryl methyl sites for hydroxylation is 1. The van der Waals surface area contributed by atoms with Crippen LogP contribution < -0.4 is 16.4 Å². The molecule has 4 rings (SSSR count).